The highest BCUT2D eigenvalue weighted by molar-refractivity contribution is 6.30. The standard InChI is InChI=1S/C25H20ClF2N3O3/c26-18-10-4-15(5-11-18)14-29-34-23(16-6-7-16)17-8-12-19(13-9-17)30-25(33)31-24(32)22-20(27)2-1-3-21(22)28/h1-5,8-14,16,23H,6-7H2,(H2,30,31,32,33)/b29-14+. The smallest absolute Gasteiger partial charge is 0.326 e. The second-order valence-electron chi connectivity index (χ2n) is 7.78. The first-order valence-electron chi connectivity index (χ1n) is 10.5. The number of halogens is 3. The van der Waals surface area contributed by atoms with Crippen LogP contribution >= 0.6 is 11.6 Å². The van der Waals surface area contributed by atoms with Crippen LogP contribution in [0, 0.1) is 17.6 Å². The van der Waals surface area contributed by atoms with Crippen molar-refractivity contribution in [2.75, 3.05) is 5.32 Å². The number of urea groups is 1. The predicted molar refractivity (Wildman–Crippen MR) is 125 cm³/mol. The molecular formula is C25H20ClF2N3O3. The lowest BCUT2D eigenvalue weighted by molar-refractivity contribution is 0.0434. The van der Waals surface area contributed by atoms with Crippen molar-refractivity contribution in [3.63, 3.8) is 0 Å². The molecule has 3 aromatic rings. The Kier molecular flexibility index (Phi) is 7.18. The number of nitrogens with one attached hydrogen (secondary N) is 2. The van der Waals surface area contributed by atoms with Crippen LogP contribution in [0.2, 0.25) is 5.02 Å². The van der Waals surface area contributed by atoms with E-state index >= 15 is 0 Å². The van der Waals surface area contributed by atoms with Crippen molar-refractivity contribution >= 4 is 35.4 Å². The van der Waals surface area contributed by atoms with Gasteiger partial charge in [0.05, 0.1) is 6.21 Å². The van der Waals surface area contributed by atoms with Gasteiger partial charge in [0.25, 0.3) is 5.91 Å². The number of oxime groups is 1. The Labute approximate surface area is 199 Å². The van der Waals surface area contributed by atoms with Crippen LogP contribution < -0.4 is 10.6 Å². The van der Waals surface area contributed by atoms with Crippen LogP contribution in [0.5, 0.6) is 0 Å². The maximum absolute atomic E-state index is 13.7. The number of imide groups is 1. The molecule has 1 unspecified atom stereocenters. The molecule has 9 heteroatoms. The highest BCUT2D eigenvalue weighted by Gasteiger charge is 2.34. The molecule has 1 atom stereocenters. The summed E-state index contributed by atoms with van der Waals surface area (Å²) < 4.78 is 27.4. The first kappa shape index (κ1) is 23.4. The van der Waals surface area contributed by atoms with Gasteiger partial charge in [-0.15, -0.1) is 0 Å². The van der Waals surface area contributed by atoms with Crippen molar-refractivity contribution in [1.29, 1.82) is 0 Å². The Hall–Kier alpha value is -3.78. The summed E-state index contributed by atoms with van der Waals surface area (Å²) in [6, 6.07) is 16.1. The zero-order valence-corrected chi connectivity index (χ0v) is 18.6. The van der Waals surface area contributed by atoms with Crippen LogP contribution in [0.25, 0.3) is 0 Å². The topological polar surface area (TPSA) is 79.8 Å². The maximum Gasteiger partial charge on any atom is 0.326 e. The summed E-state index contributed by atoms with van der Waals surface area (Å²) in [5, 5.41) is 9.13. The summed E-state index contributed by atoms with van der Waals surface area (Å²) in [6.07, 6.45) is 3.43. The average molecular weight is 484 g/mol. The van der Waals surface area contributed by atoms with Gasteiger partial charge in [-0.1, -0.05) is 47.1 Å². The zero-order valence-electron chi connectivity index (χ0n) is 17.8. The highest BCUT2D eigenvalue weighted by atomic mass is 35.5. The first-order chi connectivity index (χ1) is 16.4. The van der Waals surface area contributed by atoms with Crippen LogP contribution in [0.4, 0.5) is 19.3 Å². The van der Waals surface area contributed by atoms with Gasteiger partial charge in [-0.3, -0.25) is 10.1 Å². The fourth-order valence-corrected chi connectivity index (χ4v) is 3.45. The van der Waals surface area contributed by atoms with Crippen molar-refractivity contribution in [3.8, 4) is 0 Å². The lowest BCUT2D eigenvalue weighted by Crippen LogP contribution is -2.35. The van der Waals surface area contributed by atoms with Crippen LogP contribution in [-0.2, 0) is 4.84 Å². The number of carbonyl (C=O) groups excluding carboxylic acids is 2. The summed E-state index contributed by atoms with van der Waals surface area (Å²) in [6.45, 7) is 0. The fourth-order valence-electron chi connectivity index (χ4n) is 3.32. The summed E-state index contributed by atoms with van der Waals surface area (Å²) >= 11 is 5.88. The van der Waals surface area contributed by atoms with Gasteiger partial charge in [0, 0.05) is 16.6 Å². The molecule has 0 heterocycles. The Bertz CT molecular complexity index is 1190. The third kappa shape index (κ3) is 5.96. The fraction of sp³-hybridized carbons (Fsp3) is 0.160. The zero-order chi connectivity index (χ0) is 24.1. The monoisotopic (exact) mass is 483 g/mol. The van der Waals surface area contributed by atoms with Crippen molar-refractivity contribution in [2.45, 2.75) is 18.9 Å². The summed E-state index contributed by atoms with van der Waals surface area (Å²) in [5.74, 6) is -2.94. The first-order valence-corrected chi connectivity index (χ1v) is 10.9. The van der Waals surface area contributed by atoms with E-state index in [1.54, 1.807) is 42.6 Å². The third-order valence-electron chi connectivity index (χ3n) is 5.21. The number of amides is 3. The molecule has 174 valence electrons. The van der Waals surface area contributed by atoms with Gasteiger partial charge < -0.3 is 10.2 Å². The highest BCUT2D eigenvalue weighted by Crippen LogP contribution is 2.43. The molecule has 1 aliphatic rings. The molecule has 34 heavy (non-hydrogen) atoms. The number of nitrogens with zero attached hydrogens (tertiary/aromatic N) is 1. The largest absolute Gasteiger partial charge is 0.387 e. The van der Waals surface area contributed by atoms with E-state index in [4.69, 9.17) is 16.4 Å². The van der Waals surface area contributed by atoms with Crippen LogP contribution in [0.3, 0.4) is 0 Å². The molecule has 1 saturated carbocycles. The minimum absolute atomic E-state index is 0.239. The molecular weight excluding hydrogens is 464 g/mol. The van der Waals surface area contributed by atoms with E-state index in [-0.39, 0.29) is 6.10 Å². The van der Waals surface area contributed by atoms with Crippen LogP contribution in [-0.4, -0.2) is 18.2 Å². The molecule has 0 bridgehead atoms. The van der Waals surface area contributed by atoms with Crippen LogP contribution in [0.15, 0.2) is 71.9 Å². The molecule has 2 N–H and O–H groups in total. The number of rotatable bonds is 7. The molecule has 6 nitrogen and oxygen atoms in total. The lowest BCUT2D eigenvalue weighted by Gasteiger charge is -2.15. The van der Waals surface area contributed by atoms with Gasteiger partial charge in [-0.05, 0) is 60.4 Å². The van der Waals surface area contributed by atoms with E-state index < -0.39 is 29.1 Å². The van der Waals surface area contributed by atoms with Gasteiger partial charge in [0.1, 0.15) is 17.2 Å². The van der Waals surface area contributed by atoms with E-state index in [1.165, 1.54) is 0 Å². The summed E-state index contributed by atoms with van der Waals surface area (Å²) in [5.41, 5.74) is 1.30. The molecule has 0 saturated heterocycles. The molecule has 0 radical (unpaired) electrons. The average Bonchev–Trinajstić information content (AvgIpc) is 3.64. The molecule has 1 aliphatic carbocycles. The number of anilines is 1. The SMILES string of the molecule is O=C(NC(=O)c1c(F)cccc1F)Nc1ccc(C(O/N=C/c2ccc(Cl)cc2)C2CC2)cc1. The second-order valence-corrected chi connectivity index (χ2v) is 8.21. The number of hydrogen-bond donors (Lipinski definition) is 2. The van der Waals surface area contributed by atoms with Gasteiger partial charge in [-0.25, -0.2) is 13.6 Å². The van der Waals surface area contributed by atoms with Gasteiger partial charge in [0.15, 0.2) is 6.10 Å². The Morgan fingerprint density at radius 3 is 2.26 bits per heavy atom. The van der Waals surface area contributed by atoms with Gasteiger partial charge in [-0.2, -0.15) is 0 Å². The van der Waals surface area contributed by atoms with Crippen molar-refractivity contribution in [3.05, 3.63) is 100 Å². The number of carbonyl (C=O) groups is 2. The van der Waals surface area contributed by atoms with Crippen molar-refractivity contribution < 1.29 is 23.2 Å². The molecule has 1 fully saturated rings. The molecule has 0 aromatic heterocycles. The Morgan fingerprint density at radius 1 is 1.00 bits per heavy atom. The predicted octanol–water partition coefficient (Wildman–Crippen LogP) is 6.08. The normalized spacial score (nSPS) is 14.0. The second kappa shape index (κ2) is 10.4. The Morgan fingerprint density at radius 2 is 1.65 bits per heavy atom. The van der Waals surface area contributed by atoms with Gasteiger partial charge >= 0.3 is 6.03 Å². The van der Waals surface area contributed by atoms with E-state index in [0.717, 1.165) is 42.2 Å². The maximum atomic E-state index is 13.7. The van der Waals surface area contributed by atoms with Gasteiger partial charge in [0.2, 0.25) is 0 Å². The van der Waals surface area contributed by atoms with Crippen LogP contribution in [0.1, 0.15) is 40.4 Å². The minimum atomic E-state index is -1.18. The van der Waals surface area contributed by atoms with Crippen molar-refractivity contribution in [2.24, 2.45) is 11.1 Å². The number of hydrogen-bond acceptors (Lipinski definition) is 4. The quantitative estimate of drug-likeness (QED) is 0.315. The van der Waals surface area contributed by atoms with Crippen molar-refractivity contribution in [1.82, 2.24) is 5.32 Å². The molecule has 4 rings (SSSR count). The summed E-state index contributed by atoms with van der Waals surface area (Å²) in [4.78, 5) is 29.9. The van der Waals surface area contributed by atoms with E-state index in [1.807, 2.05) is 17.4 Å². The lowest BCUT2D eigenvalue weighted by atomic mass is 10.1. The minimum Gasteiger partial charge on any atom is -0.387 e. The Balaban J connectivity index is 1.36. The number of benzene rings is 3. The third-order valence-corrected chi connectivity index (χ3v) is 5.46. The van der Waals surface area contributed by atoms with E-state index in [2.05, 4.69) is 10.5 Å². The molecule has 0 aliphatic heterocycles. The summed E-state index contributed by atoms with van der Waals surface area (Å²) in [7, 11) is 0. The van der Waals surface area contributed by atoms with E-state index in [9.17, 15) is 18.4 Å². The molecule has 3 aromatic carbocycles. The van der Waals surface area contributed by atoms with E-state index in [0.29, 0.717) is 16.6 Å². The molecule has 0 spiro atoms. The molecule has 3 amide bonds.